The average molecular weight is 238 g/mol. The minimum Gasteiger partial charge on any atom is -0.258 e. The van der Waals surface area contributed by atoms with E-state index in [2.05, 4.69) is 0 Å². The predicted molar refractivity (Wildman–Crippen MR) is 40.1 cm³/mol. The standard InChI is InChI=1S/C7H7NO2.ClHO4/c1-6-2-4-7(5-3-6)8(9)10;2-1(3,4)5/h2-5H,1H3;(H,2,3,4,5). The molecular formula is C7H8ClNO6. The summed E-state index contributed by atoms with van der Waals surface area (Å²) in [5.74, 6) is 0. The summed E-state index contributed by atoms with van der Waals surface area (Å²) in [6.07, 6.45) is 0. The number of halogens is 1. The fourth-order valence-corrected chi connectivity index (χ4v) is 0.666. The number of aryl methyl sites for hydroxylation is 1. The molecule has 0 aliphatic rings. The number of rotatable bonds is 1. The zero-order valence-corrected chi connectivity index (χ0v) is 8.38. The summed E-state index contributed by atoms with van der Waals surface area (Å²) in [5.41, 5.74) is 1.18. The van der Waals surface area contributed by atoms with Crippen molar-refractivity contribution >= 4 is 5.69 Å². The second kappa shape index (κ2) is 5.59. The molecule has 0 atom stereocenters. The summed E-state index contributed by atoms with van der Waals surface area (Å²) in [4.78, 5) is 9.71. The molecule has 0 heterocycles. The van der Waals surface area contributed by atoms with Gasteiger partial charge >= 0.3 is 0 Å². The summed E-state index contributed by atoms with van der Waals surface area (Å²) < 4.78 is 32.7. The van der Waals surface area contributed by atoms with Gasteiger partial charge in [-0.2, -0.15) is 14.0 Å². The molecule has 0 radical (unpaired) electrons. The van der Waals surface area contributed by atoms with Gasteiger partial charge in [-0.1, -0.05) is 17.7 Å². The van der Waals surface area contributed by atoms with Gasteiger partial charge in [0.05, 0.1) is 19.8 Å². The number of nitro benzene ring substituents is 1. The molecule has 1 N–H and O–H groups in total. The largest absolute Gasteiger partial charge is 0.269 e. The van der Waals surface area contributed by atoms with Gasteiger partial charge in [0, 0.05) is 12.1 Å². The van der Waals surface area contributed by atoms with Crippen molar-refractivity contribution in [3.05, 3.63) is 39.9 Å². The highest BCUT2D eigenvalue weighted by Crippen LogP contribution is 2.10. The van der Waals surface area contributed by atoms with Crippen LogP contribution in [0.4, 0.5) is 5.69 Å². The normalized spacial score (nSPS) is 10.2. The zero-order chi connectivity index (χ0) is 12.1. The van der Waals surface area contributed by atoms with Gasteiger partial charge in [-0.25, -0.2) is 0 Å². The molecule has 0 unspecified atom stereocenters. The lowest BCUT2D eigenvalue weighted by Gasteiger charge is -2.03. The first-order valence-electron chi connectivity index (χ1n) is 3.54. The second-order valence-corrected chi connectivity index (χ2v) is 3.28. The van der Waals surface area contributed by atoms with Crippen LogP contribution in [0.5, 0.6) is 0 Å². The van der Waals surface area contributed by atoms with Crippen LogP contribution in [0.1, 0.15) is 5.56 Å². The smallest absolute Gasteiger partial charge is 0.258 e. The molecule has 1 rings (SSSR count). The van der Waals surface area contributed by atoms with Gasteiger partial charge in [-0.3, -0.25) is 10.1 Å². The highest BCUT2D eigenvalue weighted by atomic mass is 35.7. The molecule has 0 saturated heterocycles. The van der Waals surface area contributed by atoms with Gasteiger partial charge < -0.3 is 0 Å². The average Bonchev–Trinajstić information content (AvgIpc) is 2.01. The molecule has 8 heteroatoms. The van der Waals surface area contributed by atoms with Crippen LogP contribution < -0.4 is 14.0 Å². The van der Waals surface area contributed by atoms with Gasteiger partial charge in [-0.15, -0.1) is 0 Å². The maximum absolute atomic E-state index is 10.1. The monoisotopic (exact) mass is 237 g/mol. The Morgan fingerprint density at radius 2 is 1.53 bits per heavy atom. The van der Waals surface area contributed by atoms with E-state index in [0.717, 1.165) is 5.56 Å². The van der Waals surface area contributed by atoms with Gasteiger partial charge in [-0.05, 0) is 6.92 Å². The maximum atomic E-state index is 10.1. The fourth-order valence-electron chi connectivity index (χ4n) is 0.666. The van der Waals surface area contributed by atoms with Gasteiger partial charge in [0.25, 0.3) is 5.69 Å². The molecule has 0 saturated carbocycles. The molecule has 0 bridgehead atoms. The fraction of sp³-hybridized carbons (Fsp3) is 0.143. The summed E-state index contributed by atoms with van der Waals surface area (Å²) in [6.45, 7) is 1.89. The van der Waals surface area contributed by atoms with Gasteiger partial charge in [0.1, 0.15) is 0 Å². The third-order valence-electron chi connectivity index (χ3n) is 1.24. The first-order valence-corrected chi connectivity index (χ1v) is 4.81. The Hall–Kier alpha value is -1.25. The molecule has 0 amide bonds. The van der Waals surface area contributed by atoms with Crippen molar-refractivity contribution in [3.8, 4) is 0 Å². The number of non-ortho nitro benzene ring substituents is 1. The minimum atomic E-state index is -4.69. The maximum Gasteiger partial charge on any atom is 0.269 e. The van der Waals surface area contributed by atoms with E-state index in [1.807, 2.05) is 6.92 Å². The van der Waals surface area contributed by atoms with Crippen LogP contribution in [0.3, 0.4) is 0 Å². The Bertz CT molecular complexity index is 313. The van der Waals surface area contributed by atoms with Gasteiger partial charge in [0.2, 0.25) is 0 Å². The van der Waals surface area contributed by atoms with E-state index in [1.54, 1.807) is 12.1 Å². The van der Waals surface area contributed by atoms with Crippen molar-refractivity contribution in [1.29, 1.82) is 0 Å². The van der Waals surface area contributed by atoms with Crippen LogP contribution in [0.25, 0.3) is 0 Å². The summed E-state index contributed by atoms with van der Waals surface area (Å²) in [7, 11) is -4.69. The van der Waals surface area contributed by atoms with E-state index in [0.29, 0.717) is 0 Å². The molecule has 0 fully saturated rings. The Morgan fingerprint density at radius 3 is 1.80 bits per heavy atom. The van der Waals surface area contributed by atoms with E-state index >= 15 is 0 Å². The van der Waals surface area contributed by atoms with Crippen LogP contribution in [0.2, 0.25) is 0 Å². The van der Waals surface area contributed by atoms with Crippen molar-refractivity contribution in [2.75, 3.05) is 0 Å². The molecule has 0 spiro atoms. The van der Waals surface area contributed by atoms with Crippen molar-refractivity contribution < 1.29 is 33.8 Å². The van der Waals surface area contributed by atoms with Gasteiger partial charge in [0.15, 0.2) is 0 Å². The molecule has 1 aromatic carbocycles. The van der Waals surface area contributed by atoms with Crippen LogP contribution in [-0.2, 0) is 0 Å². The number of hydrogen-bond acceptors (Lipinski definition) is 6. The molecular weight excluding hydrogens is 230 g/mol. The Morgan fingerprint density at radius 1 is 1.20 bits per heavy atom. The molecule has 0 aromatic heterocycles. The van der Waals surface area contributed by atoms with Crippen LogP contribution in [0.15, 0.2) is 24.3 Å². The quantitative estimate of drug-likeness (QED) is 0.434. The van der Waals surface area contributed by atoms with Crippen LogP contribution in [0, 0.1) is 27.3 Å². The third kappa shape index (κ3) is 9.06. The number of nitrogens with zero attached hydrogens (tertiary/aromatic N) is 1. The summed E-state index contributed by atoms with van der Waals surface area (Å²) in [6, 6.07) is 6.43. The summed E-state index contributed by atoms with van der Waals surface area (Å²) >= 11 is 0. The number of benzene rings is 1. The SMILES string of the molecule is Cc1ccc([N+](=O)[O-])cc1.[O-][Cl+3]([O-])([O-])O. The predicted octanol–water partition coefficient (Wildman–Crippen LogP) is -2.22. The van der Waals surface area contributed by atoms with Crippen molar-refractivity contribution in [3.63, 3.8) is 0 Å². The van der Waals surface area contributed by atoms with Crippen molar-refractivity contribution in [2.24, 2.45) is 0 Å². The highest BCUT2D eigenvalue weighted by Gasteiger charge is 2.00. The molecule has 0 aliphatic carbocycles. The van der Waals surface area contributed by atoms with Crippen LogP contribution in [-0.4, -0.2) is 9.58 Å². The molecule has 84 valence electrons. The Kier molecular flexibility index (Phi) is 5.12. The van der Waals surface area contributed by atoms with E-state index in [9.17, 15) is 10.1 Å². The Labute approximate surface area is 87.1 Å². The highest BCUT2D eigenvalue weighted by molar-refractivity contribution is 5.31. The van der Waals surface area contributed by atoms with E-state index in [4.69, 9.17) is 18.6 Å². The van der Waals surface area contributed by atoms with Crippen LogP contribution >= 0.6 is 0 Å². The van der Waals surface area contributed by atoms with E-state index in [1.165, 1.54) is 12.1 Å². The first-order chi connectivity index (χ1) is 6.70. The lowest BCUT2D eigenvalue weighted by atomic mass is 10.2. The van der Waals surface area contributed by atoms with E-state index < -0.39 is 15.2 Å². The second-order valence-electron chi connectivity index (χ2n) is 2.49. The molecule has 7 nitrogen and oxygen atoms in total. The minimum absolute atomic E-state index is 0.144. The lowest BCUT2D eigenvalue weighted by molar-refractivity contribution is -1.92. The molecule has 0 aliphatic heterocycles. The van der Waals surface area contributed by atoms with Crippen molar-refractivity contribution in [1.82, 2.24) is 0 Å². The van der Waals surface area contributed by atoms with E-state index in [-0.39, 0.29) is 5.69 Å². The summed E-state index contributed by atoms with van der Waals surface area (Å²) in [5, 5.41) is 10.1. The Balaban J connectivity index is 0.000000336. The topological polar surface area (TPSA) is 133 Å². The van der Waals surface area contributed by atoms with Crippen molar-refractivity contribution in [2.45, 2.75) is 6.92 Å². The zero-order valence-electron chi connectivity index (χ0n) is 7.62. The first kappa shape index (κ1) is 13.8. The molecule has 15 heavy (non-hydrogen) atoms. The molecule has 1 aromatic rings. The number of hydrogen-bond donors (Lipinski definition) is 1. The lowest BCUT2D eigenvalue weighted by Crippen LogP contribution is -2.58. The number of nitro groups is 1. The third-order valence-corrected chi connectivity index (χ3v) is 1.24.